The van der Waals surface area contributed by atoms with Gasteiger partial charge in [-0.15, -0.1) is 0 Å². The zero-order valence-electron chi connectivity index (χ0n) is 13.9. The molecule has 2 N–H and O–H groups in total. The van der Waals surface area contributed by atoms with Crippen LogP contribution in [-0.4, -0.2) is 19.4 Å². The molecule has 130 valence electrons. The monoisotopic (exact) mass is 330 g/mol. The Kier molecular flexibility index (Phi) is 7.72. The molecule has 1 unspecified atom stereocenters. The first kappa shape index (κ1) is 19.6. The van der Waals surface area contributed by atoms with Crippen molar-refractivity contribution in [1.82, 2.24) is 10.6 Å². The van der Waals surface area contributed by atoms with E-state index in [9.17, 15) is 18.0 Å². The minimum atomic E-state index is -4.48. The summed E-state index contributed by atoms with van der Waals surface area (Å²) in [5, 5.41) is 5.96. The standard InChI is InChI=1S/C17H25F3N2O/c1-4-6-14(5-2)22-9-12-7-13(11-23)15(10-21-3)16(8-12)17(18,19)20/h7-8,11,14,21-22H,4-6,9-10H2,1-3H3. The van der Waals surface area contributed by atoms with Gasteiger partial charge in [0.05, 0.1) is 5.56 Å². The molecule has 0 saturated heterocycles. The molecular weight excluding hydrogens is 305 g/mol. The lowest BCUT2D eigenvalue weighted by Crippen LogP contribution is -2.28. The maximum Gasteiger partial charge on any atom is 0.416 e. The number of carbonyl (C=O) groups is 1. The van der Waals surface area contributed by atoms with E-state index in [0.717, 1.165) is 25.3 Å². The molecule has 1 rings (SSSR count). The molecule has 0 aromatic heterocycles. The van der Waals surface area contributed by atoms with E-state index in [0.29, 0.717) is 18.4 Å². The van der Waals surface area contributed by atoms with Crippen LogP contribution < -0.4 is 10.6 Å². The predicted octanol–water partition coefficient (Wildman–Crippen LogP) is 3.91. The fourth-order valence-electron chi connectivity index (χ4n) is 2.65. The topological polar surface area (TPSA) is 41.1 Å². The summed E-state index contributed by atoms with van der Waals surface area (Å²) in [4.78, 5) is 11.2. The number of aldehydes is 1. The summed E-state index contributed by atoms with van der Waals surface area (Å²) in [7, 11) is 1.56. The average molecular weight is 330 g/mol. The number of alkyl halides is 3. The molecule has 0 amide bonds. The van der Waals surface area contributed by atoms with Crippen molar-refractivity contribution in [3.63, 3.8) is 0 Å². The number of benzene rings is 1. The quantitative estimate of drug-likeness (QED) is 0.675. The van der Waals surface area contributed by atoms with E-state index in [1.807, 2.05) is 6.92 Å². The van der Waals surface area contributed by atoms with E-state index in [2.05, 4.69) is 17.6 Å². The molecule has 0 saturated carbocycles. The first-order valence-electron chi connectivity index (χ1n) is 7.93. The van der Waals surface area contributed by atoms with Crippen molar-refractivity contribution in [2.75, 3.05) is 7.05 Å². The predicted molar refractivity (Wildman–Crippen MR) is 85.4 cm³/mol. The Balaban J connectivity index is 3.12. The van der Waals surface area contributed by atoms with Crippen LogP contribution in [0.5, 0.6) is 0 Å². The second-order valence-electron chi connectivity index (χ2n) is 5.63. The van der Waals surface area contributed by atoms with Crippen LogP contribution in [-0.2, 0) is 19.3 Å². The summed E-state index contributed by atoms with van der Waals surface area (Å²) in [6.45, 7) is 4.44. The highest BCUT2D eigenvalue weighted by Crippen LogP contribution is 2.34. The summed E-state index contributed by atoms with van der Waals surface area (Å²) in [6.07, 6.45) is -1.08. The van der Waals surface area contributed by atoms with Crippen LogP contribution in [0.25, 0.3) is 0 Å². The fourth-order valence-corrected chi connectivity index (χ4v) is 2.65. The van der Waals surface area contributed by atoms with Crippen LogP contribution in [0.4, 0.5) is 13.2 Å². The highest BCUT2D eigenvalue weighted by Gasteiger charge is 2.34. The second-order valence-corrected chi connectivity index (χ2v) is 5.63. The minimum Gasteiger partial charge on any atom is -0.316 e. The Morgan fingerprint density at radius 2 is 1.91 bits per heavy atom. The molecule has 0 aliphatic heterocycles. The van der Waals surface area contributed by atoms with E-state index in [1.54, 1.807) is 13.1 Å². The normalized spacial score (nSPS) is 13.1. The molecule has 3 nitrogen and oxygen atoms in total. The highest BCUT2D eigenvalue weighted by molar-refractivity contribution is 5.78. The van der Waals surface area contributed by atoms with Crippen molar-refractivity contribution in [3.8, 4) is 0 Å². The summed E-state index contributed by atoms with van der Waals surface area (Å²) in [5.41, 5.74) is -0.167. The first-order valence-corrected chi connectivity index (χ1v) is 7.93. The molecule has 0 fully saturated rings. The molecule has 0 radical (unpaired) electrons. The maximum absolute atomic E-state index is 13.3. The fraction of sp³-hybridized carbons (Fsp3) is 0.588. The number of hydrogen-bond acceptors (Lipinski definition) is 3. The van der Waals surface area contributed by atoms with Gasteiger partial charge in [-0.25, -0.2) is 0 Å². The van der Waals surface area contributed by atoms with Crippen LogP contribution in [0.1, 0.15) is 60.2 Å². The van der Waals surface area contributed by atoms with Gasteiger partial charge in [-0.05, 0) is 43.1 Å². The molecule has 0 bridgehead atoms. The van der Waals surface area contributed by atoms with Gasteiger partial charge in [-0.3, -0.25) is 4.79 Å². The van der Waals surface area contributed by atoms with E-state index in [-0.39, 0.29) is 23.7 Å². The van der Waals surface area contributed by atoms with Gasteiger partial charge >= 0.3 is 6.18 Å². The third-order valence-corrected chi connectivity index (χ3v) is 3.85. The number of halogens is 3. The molecule has 1 aromatic carbocycles. The molecule has 6 heteroatoms. The Labute approximate surface area is 135 Å². The number of nitrogens with one attached hydrogen (secondary N) is 2. The van der Waals surface area contributed by atoms with Crippen LogP contribution in [0.3, 0.4) is 0 Å². The van der Waals surface area contributed by atoms with Crippen molar-refractivity contribution in [2.45, 2.75) is 58.4 Å². The Bertz CT molecular complexity index is 515. The first-order chi connectivity index (χ1) is 10.9. The van der Waals surface area contributed by atoms with Gasteiger partial charge in [0.15, 0.2) is 0 Å². The van der Waals surface area contributed by atoms with Crippen molar-refractivity contribution in [3.05, 3.63) is 34.4 Å². The average Bonchev–Trinajstić information content (AvgIpc) is 2.51. The SMILES string of the molecule is CCCC(CC)NCc1cc(C=O)c(CNC)c(C(F)(F)F)c1. The van der Waals surface area contributed by atoms with E-state index in [4.69, 9.17) is 0 Å². The third-order valence-electron chi connectivity index (χ3n) is 3.85. The molecule has 0 heterocycles. The number of carbonyl (C=O) groups excluding carboxylic acids is 1. The molecular formula is C17H25F3N2O. The van der Waals surface area contributed by atoms with Gasteiger partial charge in [-0.2, -0.15) is 13.2 Å². The zero-order valence-corrected chi connectivity index (χ0v) is 13.9. The molecule has 0 aliphatic rings. The van der Waals surface area contributed by atoms with Crippen molar-refractivity contribution < 1.29 is 18.0 Å². The lowest BCUT2D eigenvalue weighted by Gasteiger charge is -2.19. The van der Waals surface area contributed by atoms with E-state index >= 15 is 0 Å². The number of hydrogen-bond donors (Lipinski definition) is 2. The van der Waals surface area contributed by atoms with Crippen molar-refractivity contribution >= 4 is 6.29 Å². The molecule has 1 aromatic rings. The van der Waals surface area contributed by atoms with Crippen LogP contribution in [0.2, 0.25) is 0 Å². The smallest absolute Gasteiger partial charge is 0.316 e. The van der Waals surface area contributed by atoms with Crippen LogP contribution in [0.15, 0.2) is 12.1 Å². The largest absolute Gasteiger partial charge is 0.416 e. The van der Waals surface area contributed by atoms with Gasteiger partial charge in [0, 0.05) is 24.7 Å². The molecule has 0 aliphatic carbocycles. The van der Waals surface area contributed by atoms with Gasteiger partial charge in [-0.1, -0.05) is 20.3 Å². The summed E-state index contributed by atoms with van der Waals surface area (Å²) >= 11 is 0. The molecule has 0 spiro atoms. The maximum atomic E-state index is 13.3. The van der Waals surface area contributed by atoms with E-state index < -0.39 is 11.7 Å². The van der Waals surface area contributed by atoms with Gasteiger partial charge < -0.3 is 10.6 Å². The molecule has 1 atom stereocenters. The number of rotatable bonds is 9. The summed E-state index contributed by atoms with van der Waals surface area (Å²) < 4.78 is 39.9. The Morgan fingerprint density at radius 3 is 2.39 bits per heavy atom. The van der Waals surface area contributed by atoms with Crippen LogP contribution >= 0.6 is 0 Å². The van der Waals surface area contributed by atoms with E-state index in [1.165, 1.54) is 0 Å². The zero-order chi connectivity index (χ0) is 17.5. The van der Waals surface area contributed by atoms with Crippen molar-refractivity contribution in [2.24, 2.45) is 0 Å². The summed E-state index contributed by atoms with van der Waals surface area (Å²) in [5.74, 6) is 0. The summed E-state index contributed by atoms with van der Waals surface area (Å²) in [6, 6.07) is 2.96. The van der Waals surface area contributed by atoms with Crippen molar-refractivity contribution in [1.29, 1.82) is 0 Å². The van der Waals surface area contributed by atoms with Gasteiger partial charge in [0.1, 0.15) is 6.29 Å². The molecule has 23 heavy (non-hydrogen) atoms. The van der Waals surface area contributed by atoms with Gasteiger partial charge in [0.25, 0.3) is 0 Å². The van der Waals surface area contributed by atoms with Gasteiger partial charge in [0.2, 0.25) is 0 Å². The lowest BCUT2D eigenvalue weighted by molar-refractivity contribution is -0.138. The second kappa shape index (κ2) is 9.03. The minimum absolute atomic E-state index is 0.000602. The lowest BCUT2D eigenvalue weighted by atomic mass is 9.97. The Morgan fingerprint density at radius 1 is 1.22 bits per heavy atom. The highest BCUT2D eigenvalue weighted by atomic mass is 19.4. The van der Waals surface area contributed by atoms with Crippen LogP contribution in [0, 0.1) is 0 Å². The Hall–Kier alpha value is -1.40. The third kappa shape index (κ3) is 5.62.